The van der Waals surface area contributed by atoms with Crippen LogP contribution >= 0.6 is 0 Å². The van der Waals surface area contributed by atoms with Crippen LogP contribution in [0.4, 0.5) is 4.39 Å². The monoisotopic (exact) mass is 362 g/mol. The van der Waals surface area contributed by atoms with Gasteiger partial charge in [-0.3, -0.25) is 9.59 Å². The summed E-state index contributed by atoms with van der Waals surface area (Å²) in [6, 6.07) is 8.85. The van der Waals surface area contributed by atoms with Crippen LogP contribution in [-0.4, -0.2) is 23.9 Å². The summed E-state index contributed by atoms with van der Waals surface area (Å²) in [6.45, 7) is 5.48. The van der Waals surface area contributed by atoms with Crippen LogP contribution in [0.15, 0.2) is 40.8 Å². The molecule has 0 bridgehead atoms. The molecule has 2 amide bonds. The summed E-state index contributed by atoms with van der Waals surface area (Å²) < 4.78 is 24.3. The number of halogens is 1. The number of amides is 2. The molecule has 1 heterocycles. The van der Waals surface area contributed by atoms with Gasteiger partial charge in [-0.25, -0.2) is 4.39 Å². The highest BCUT2D eigenvalue weighted by Gasteiger charge is 2.17. The van der Waals surface area contributed by atoms with E-state index in [1.165, 1.54) is 18.2 Å². The number of ether oxygens (including phenoxy) is 1. The summed E-state index contributed by atoms with van der Waals surface area (Å²) in [6.07, 6.45) is 0.174. The Labute approximate surface area is 151 Å². The van der Waals surface area contributed by atoms with Crippen LogP contribution in [-0.2, 0) is 11.4 Å². The topological polar surface area (TPSA) is 80.6 Å². The second-order valence-electron chi connectivity index (χ2n) is 6.29. The molecule has 140 valence electrons. The number of furan rings is 1. The van der Waals surface area contributed by atoms with E-state index >= 15 is 0 Å². The highest BCUT2D eigenvalue weighted by molar-refractivity contribution is 5.92. The molecule has 6 nitrogen and oxygen atoms in total. The fourth-order valence-electron chi connectivity index (χ4n) is 2.29. The highest BCUT2D eigenvalue weighted by Crippen LogP contribution is 2.18. The quantitative estimate of drug-likeness (QED) is 0.756. The van der Waals surface area contributed by atoms with Gasteiger partial charge in [-0.15, -0.1) is 0 Å². The van der Waals surface area contributed by atoms with Crippen molar-refractivity contribution in [2.75, 3.05) is 0 Å². The average Bonchev–Trinajstić information content (AvgIpc) is 3.02. The van der Waals surface area contributed by atoms with E-state index in [1.54, 1.807) is 25.1 Å². The molecule has 2 aromatic rings. The maximum atomic E-state index is 13.5. The van der Waals surface area contributed by atoms with Crippen LogP contribution in [0.3, 0.4) is 0 Å². The second kappa shape index (κ2) is 9.03. The summed E-state index contributed by atoms with van der Waals surface area (Å²) in [7, 11) is 0. The smallest absolute Gasteiger partial charge is 0.287 e. The van der Waals surface area contributed by atoms with Gasteiger partial charge in [-0.05, 0) is 45.0 Å². The van der Waals surface area contributed by atoms with Gasteiger partial charge in [0.15, 0.2) is 17.3 Å². The molecule has 0 spiro atoms. The summed E-state index contributed by atoms with van der Waals surface area (Å²) in [5.41, 5.74) is 0. The highest BCUT2D eigenvalue weighted by atomic mass is 19.1. The molecule has 0 radical (unpaired) electrons. The molecule has 2 rings (SSSR count). The predicted molar refractivity (Wildman–Crippen MR) is 94.3 cm³/mol. The van der Waals surface area contributed by atoms with Crippen LogP contribution in [0.1, 0.15) is 43.5 Å². The molecule has 0 saturated heterocycles. The van der Waals surface area contributed by atoms with Crippen LogP contribution in [0.25, 0.3) is 0 Å². The molecule has 0 aliphatic rings. The molecule has 7 heteroatoms. The van der Waals surface area contributed by atoms with Crippen molar-refractivity contribution in [2.45, 2.75) is 45.9 Å². The van der Waals surface area contributed by atoms with Crippen molar-refractivity contribution < 1.29 is 23.1 Å². The predicted octanol–water partition coefficient (Wildman–Crippen LogP) is 3.03. The molecule has 0 aliphatic carbocycles. The average molecular weight is 362 g/mol. The van der Waals surface area contributed by atoms with E-state index in [9.17, 15) is 14.0 Å². The Morgan fingerprint density at radius 3 is 2.54 bits per heavy atom. The fraction of sp³-hybridized carbons (Fsp3) is 0.368. The van der Waals surface area contributed by atoms with Gasteiger partial charge in [0.2, 0.25) is 5.91 Å². The zero-order valence-electron chi connectivity index (χ0n) is 15.0. The van der Waals surface area contributed by atoms with Gasteiger partial charge in [0, 0.05) is 18.5 Å². The van der Waals surface area contributed by atoms with E-state index in [1.807, 2.05) is 13.8 Å². The number of benzene rings is 1. The van der Waals surface area contributed by atoms with Crippen LogP contribution in [0.2, 0.25) is 0 Å². The maximum Gasteiger partial charge on any atom is 0.287 e. The standard InChI is InChI=1S/C19H23FN2O4/c1-12(2)21-18(23)10-13(3)22-19(24)17-9-8-14(26-17)11-25-16-7-5-4-6-15(16)20/h4-9,12-13H,10-11H2,1-3H3,(H,21,23)(H,22,24). The third-order valence-corrected chi connectivity index (χ3v) is 3.41. The molecule has 1 aromatic carbocycles. The fourth-order valence-corrected chi connectivity index (χ4v) is 2.29. The molecular formula is C19H23FN2O4. The summed E-state index contributed by atoms with van der Waals surface area (Å²) >= 11 is 0. The van der Waals surface area contributed by atoms with Gasteiger partial charge in [0.1, 0.15) is 12.4 Å². The largest absolute Gasteiger partial charge is 0.483 e. The van der Waals surface area contributed by atoms with Gasteiger partial charge >= 0.3 is 0 Å². The lowest BCUT2D eigenvalue weighted by Gasteiger charge is -2.14. The lowest BCUT2D eigenvalue weighted by molar-refractivity contribution is -0.121. The number of hydrogen-bond acceptors (Lipinski definition) is 4. The maximum absolute atomic E-state index is 13.5. The van der Waals surface area contributed by atoms with E-state index in [0.29, 0.717) is 5.76 Å². The normalized spacial score (nSPS) is 11.9. The van der Waals surface area contributed by atoms with Crippen molar-refractivity contribution >= 4 is 11.8 Å². The molecule has 0 aliphatic heterocycles. The van der Waals surface area contributed by atoms with E-state index in [0.717, 1.165) is 0 Å². The van der Waals surface area contributed by atoms with Gasteiger partial charge in [0.25, 0.3) is 5.91 Å². The van der Waals surface area contributed by atoms with Gasteiger partial charge < -0.3 is 19.8 Å². The van der Waals surface area contributed by atoms with Gasteiger partial charge in [-0.1, -0.05) is 12.1 Å². The zero-order valence-corrected chi connectivity index (χ0v) is 15.0. The molecule has 0 fully saturated rings. The number of carbonyl (C=O) groups excluding carboxylic acids is 2. The van der Waals surface area contributed by atoms with Gasteiger partial charge in [-0.2, -0.15) is 0 Å². The Morgan fingerprint density at radius 2 is 1.85 bits per heavy atom. The van der Waals surface area contributed by atoms with E-state index in [2.05, 4.69) is 10.6 Å². The van der Waals surface area contributed by atoms with Crippen molar-refractivity contribution in [3.63, 3.8) is 0 Å². The van der Waals surface area contributed by atoms with E-state index in [-0.39, 0.29) is 42.5 Å². The van der Waals surface area contributed by atoms with Crippen molar-refractivity contribution in [2.24, 2.45) is 0 Å². The summed E-state index contributed by atoms with van der Waals surface area (Å²) in [5, 5.41) is 5.47. The number of para-hydroxylation sites is 1. The first-order valence-electron chi connectivity index (χ1n) is 8.41. The van der Waals surface area contributed by atoms with E-state index in [4.69, 9.17) is 9.15 Å². The Kier molecular flexibility index (Phi) is 6.77. The van der Waals surface area contributed by atoms with Crippen LogP contribution in [0.5, 0.6) is 5.75 Å². The lowest BCUT2D eigenvalue weighted by Crippen LogP contribution is -2.39. The third kappa shape index (κ3) is 5.91. The van der Waals surface area contributed by atoms with E-state index < -0.39 is 11.7 Å². The summed E-state index contributed by atoms with van der Waals surface area (Å²) in [5.74, 6) is -0.416. The first kappa shape index (κ1) is 19.5. The van der Waals surface area contributed by atoms with Crippen molar-refractivity contribution in [1.29, 1.82) is 0 Å². The van der Waals surface area contributed by atoms with Crippen LogP contribution < -0.4 is 15.4 Å². The third-order valence-electron chi connectivity index (χ3n) is 3.41. The minimum Gasteiger partial charge on any atom is -0.483 e. The number of nitrogens with one attached hydrogen (secondary N) is 2. The summed E-state index contributed by atoms with van der Waals surface area (Å²) in [4.78, 5) is 23.9. The second-order valence-corrected chi connectivity index (χ2v) is 6.29. The first-order valence-corrected chi connectivity index (χ1v) is 8.41. The minimum atomic E-state index is -0.467. The van der Waals surface area contributed by atoms with Crippen LogP contribution in [0, 0.1) is 5.82 Å². The zero-order chi connectivity index (χ0) is 19.1. The van der Waals surface area contributed by atoms with Crippen molar-refractivity contribution in [3.8, 4) is 5.75 Å². The Balaban J connectivity index is 1.85. The molecule has 26 heavy (non-hydrogen) atoms. The number of hydrogen-bond donors (Lipinski definition) is 2. The van der Waals surface area contributed by atoms with Gasteiger partial charge in [0.05, 0.1) is 0 Å². The van der Waals surface area contributed by atoms with Crippen molar-refractivity contribution in [1.82, 2.24) is 10.6 Å². The van der Waals surface area contributed by atoms with Crippen molar-refractivity contribution in [3.05, 3.63) is 53.7 Å². The molecular weight excluding hydrogens is 339 g/mol. The number of carbonyl (C=O) groups is 2. The molecule has 0 saturated carbocycles. The Morgan fingerprint density at radius 1 is 1.12 bits per heavy atom. The molecule has 2 N–H and O–H groups in total. The molecule has 1 unspecified atom stereocenters. The Hall–Kier alpha value is -2.83. The number of rotatable bonds is 8. The lowest BCUT2D eigenvalue weighted by atomic mass is 10.2. The minimum absolute atomic E-state index is 0.000557. The first-order chi connectivity index (χ1) is 12.3. The molecule has 1 atom stereocenters. The Bertz CT molecular complexity index is 758. The SMILES string of the molecule is CC(C)NC(=O)CC(C)NC(=O)c1ccc(COc2ccccc2F)o1. The molecule has 1 aromatic heterocycles.